The Morgan fingerprint density at radius 3 is 2.60 bits per heavy atom. The normalized spacial score (nSPS) is 13.7. The van der Waals surface area contributed by atoms with Crippen LogP contribution in [-0.2, 0) is 20.9 Å². The number of nitrogens with zero attached hydrogens (tertiary/aromatic N) is 2. The highest BCUT2D eigenvalue weighted by atomic mass is 35.5. The molecule has 0 saturated heterocycles. The van der Waals surface area contributed by atoms with E-state index in [1.807, 2.05) is 0 Å². The van der Waals surface area contributed by atoms with E-state index < -0.39 is 33.4 Å². The first-order chi connectivity index (χ1) is 16.6. The van der Waals surface area contributed by atoms with E-state index in [9.17, 15) is 23.3 Å². The summed E-state index contributed by atoms with van der Waals surface area (Å²) in [5.41, 5.74) is 1.61. The number of carbonyl (C=O) groups excluding carboxylic acids is 1. The molecular weight excluding hydrogens is 515 g/mol. The Labute approximate surface area is 209 Å². The molecule has 2 unspecified atom stereocenters. The lowest BCUT2D eigenvalue weighted by molar-refractivity contribution is -0.139. The molecule has 0 aliphatic heterocycles. The molecule has 8 nitrogen and oxygen atoms in total. The number of carboxylic acids is 1. The maximum absolute atomic E-state index is 13.6. The number of hydrogen-bond acceptors (Lipinski definition) is 6. The second kappa shape index (κ2) is 9.98. The third-order valence-electron chi connectivity index (χ3n) is 5.06. The Morgan fingerprint density at radius 2 is 1.89 bits per heavy atom. The fourth-order valence-corrected chi connectivity index (χ4v) is 5.55. The molecular formula is C23H18ClFN4O4S2. The Kier molecular flexibility index (Phi) is 7.01. The van der Waals surface area contributed by atoms with Gasteiger partial charge in [-0.2, -0.15) is 8.75 Å². The van der Waals surface area contributed by atoms with Crippen molar-refractivity contribution in [1.29, 1.82) is 0 Å². The van der Waals surface area contributed by atoms with Gasteiger partial charge in [0, 0.05) is 11.4 Å². The number of aliphatic carboxylic acids is 1. The van der Waals surface area contributed by atoms with Crippen molar-refractivity contribution in [3.05, 3.63) is 82.6 Å². The monoisotopic (exact) mass is 532 g/mol. The van der Waals surface area contributed by atoms with Crippen molar-refractivity contribution in [3.63, 3.8) is 0 Å². The first kappa shape index (κ1) is 24.6. The third kappa shape index (κ3) is 5.59. The molecule has 0 aliphatic rings. The van der Waals surface area contributed by atoms with Gasteiger partial charge in [-0.3, -0.25) is 4.79 Å². The van der Waals surface area contributed by atoms with Crippen LogP contribution in [-0.4, -0.2) is 41.9 Å². The number of halogens is 2. The molecule has 12 heteroatoms. The van der Waals surface area contributed by atoms with Crippen molar-refractivity contribution in [2.24, 2.45) is 0 Å². The van der Waals surface area contributed by atoms with Crippen LogP contribution >= 0.6 is 23.3 Å². The third-order valence-corrected chi connectivity index (χ3v) is 7.43. The smallest absolute Gasteiger partial charge is 0.326 e. The number of fused-ring (bicyclic) bond motifs is 1. The molecule has 4 rings (SSSR count). The van der Waals surface area contributed by atoms with E-state index in [4.69, 9.17) is 11.6 Å². The minimum Gasteiger partial charge on any atom is -0.480 e. The highest BCUT2D eigenvalue weighted by Gasteiger charge is 2.24. The minimum absolute atomic E-state index is 0.0136. The van der Waals surface area contributed by atoms with Crippen molar-refractivity contribution in [2.45, 2.75) is 17.4 Å². The summed E-state index contributed by atoms with van der Waals surface area (Å²) in [7, 11) is -3.22. The molecule has 0 spiro atoms. The number of nitrogens with one attached hydrogen (secondary N) is 2. The van der Waals surface area contributed by atoms with Gasteiger partial charge in [0.25, 0.3) is 5.91 Å². The summed E-state index contributed by atoms with van der Waals surface area (Å²) in [5.74, 6) is 1.34. The molecule has 0 bridgehead atoms. The van der Waals surface area contributed by atoms with E-state index in [-0.39, 0.29) is 22.7 Å². The van der Waals surface area contributed by atoms with E-state index >= 15 is 0 Å². The van der Waals surface area contributed by atoms with Crippen LogP contribution < -0.4 is 10.0 Å². The van der Waals surface area contributed by atoms with Crippen molar-refractivity contribution in [1.82, 2.24) is 14.1 Å². The molecule has 0 radical (unpaired) electrons. The van der Waals surface area contributed by atoms with Crippen LogP contribution in [0.5, 0.6) is 0 Å². The summed E-state index contributed by atoms with van der Waals surface area (Å²) in [4.78, 5) is 25.2. The van der Waals surface area contributed by atoms with Gasteiger partial charge in [0.2, 0.25) is 0 Å². The number of carbonyl (C=O) groups is 2. The number of anilines is 1. The molecule has 0 aliphatic carbocycles. The summed E-state index contributed by atoms with van der Waals surface area (Å²) in [6.45, 7) is 0. The van der Waals surface area contributed by atoms with Crippen LogP contribution in [0.3, 0.4) is 0 Å². The SMILES string of the molecule is C=S(=O)(Nc1cc(Cl)ccc1C(=O)NC(Cc1ccc(F)cc1)C(=O)O)c1cccc2nsnc12. The first-order valence-corrected chi connectivity index (χ1v) is 12.9. The van der Waals surface area contributed by atoms with Crippen LogP contribution in [0.2, 0.25) is 5.02 Å². The zero-order valence-electron chi connectivity index (χ0n) is 17.9. The highest BCUT2D eigenvalue weighted by Crippen LogP contribution is 2.27. The maximum Gasteiger partial charge on any atom is 0.326 e. The van der Waals surface area contributed by atoms with Gasteiger partial charge in [0.1, 0.15) is 22.9 Å². The molecule has 1 amide bonds. The molecule has 3 N–H and O–H groups in total. The van der Waals surface area contributed by atoms with Crippen molar-refractivity contribution in [3.8, 4) is 0 Å². The molecule has 1 aromatic heterocycles. The van der Waals surface area contributed by atoms with Crippen LogP contribution in [0.4, 0.5) is 10.1 Å². The van der Waals surface area contributed by atoms with Gasteiger partial charge in [-0.15, -0.1) is 0 Å². The quantitative estimate of drug-likeness (QED) is 0.295. The summed E-state index contributed by atoms with van der Waals surface area (Å²) < 4.78 is 37.9. The van der Waals surface area contributed by atoms with Gasteiger partial charge in [-0.25, -0.2) is 13.4 Å². The van der Waals surface area contributed by atoms with E-state index in [2.05, 4.69) is 24.7 Å². The lowest BCUT2D eigenvalue weighted by Gasteiger charge is -2.19. The van der Waals surface area contributed by atoms with Crippen LogP contribution in [0, 0.1) is 5.82 Å². The van der Waals surface area contributed by atoms with E-state index in [0.717, 1.165) is 11.7 Å². The molecule has 2 atom stereocenters. The number of rotatable bonds is 8. The maximum atomic E-state index is 13.6. The number of aromatic nitrogens is 2. The fourth-order valence-electron chi connectivity index (χ4n) is 3.37. The van der Waals surface area contributed by atoms with E-state index in [1.54, 1.807) is 18.2 Å². The van der Waals surface area contributed by atoms with Gasteiger partial charge in [0.05, 0.1) is 37.6 Å². The Hall–Kier alpha value is -3.54. The molecule has 0 saturated carbocycles. The number of amides is 1. The average molecular weight is 533 g/mol. The van der Waals surface area contributed by atoms with Crippen molar-refractivity contribution < 1.29 is 23.3 Å². The van der Waals surface area contributed by atoms with E-state index in [1.165, 1.54) is 42.5 Å². The number of carboxylic acid groups (broad SMARTS) is 1. The van der Waals surface area contributed by atoms with Crippen LogP contribution in [0.1, 0.15) is 15.9 Å². The Bertz CT molecular complexity index is 1520. The van der Waals surface area contributed by atoms with Crippen molar-refractivity contribution in [2.75, 3.05) is 4.72 Å². The van der Waals surface area contributed by atoms with Gasteiger partial charge in [0.15, 0.2) is 0 Å². The molecule has 35 heavy (non-hydrogen) atoms. The summed E-state index contributed by atoms with van der Waals surface area (Å²) in [6, 6.07) is 13.2. The van der Waals surface area contributed by atoms with Crippen LogP contribution in [0.25, 0.3) is 11.0 Å². The topological polar surface area (TPSA) is 121 Å². The Morgan fingerprint density at radius 1 is 1.14 bits per heavy atom. The second-order valence-electron chi connectivity index (χ2n) is 7.55. The lowest BCUT2D eigenvalue weighted by atomic mass is 10.0. The Balaban J connectivity index is 1.62. The highest BCUT2D eigenvalue weighted by molar-refractivity contribution is 8.01. The molecule has 3 aromatic carbocycles. The zero-order valence-corrected chi connectivity index (χ0v) is 20.3. The predicted octanol–water partition coefficient (Wildman–Crippen LogP) is 4.01. The standard InChI is InChI=1S/C23H18ClFN4O4S2/c1-35(33,20-4-2-3-17-21(20)28-34-27-17)29-18-12-14(24)7-10-16(18)22(30)26-19(23(31)32)11-13-5-8-15(25)9-6-13/h2-10,12,19H,1,11H2,(H,26,30)(H,29,33)(H,31,32). The summed E-state index contributed by atoms with van der Waals surface area (Å²) in [6.07, 6.45) is -0.0669. The molecule has 0 fully saturated rings. The second-order valence-corrected chi connectivity index (χ2v) is 10.5. The largest absolute Gasteiger partial charge is 0.480 e. The van der Waals surface area contributed by atoms with Crippen LogP contribution in [0.15, 0.2) is 65.6 Å². The molecule has 4 aromatic rings. The van der Waals surface area contributed by atoms with E-state index in [0.29, 0.717) is 21.5 Å². The first-order valence-electron chi connectivity index (χ1n) is 10.1. The number of benzene rings is 3. The summed E-state index contributed by atoms with van der Waals surface area (Å²) in [5, 5.41) is 12.3. The molecule has 180 valence electrons. The fraction of sp³-hybridized carbons (Fsp3) is 0.0870. The van der Waals surface area contributed by atoms with Gasteiger partial charge >= 0.3 is 5.97 Å². The van der Waals surface area contributed by atoms with Crippen molar-refractivity contribution >= 4 is 67.5 Å². The van der Waals surface area contributed by atoms with Gasteiger partial charge in [-0.1, -0.05) is 29.8 Å². The molecule has 1 heterocycles. The number of hydrogen-bond donors (Lipinski definition) is 3. The van der Waals surface area contributed by atoms with Gasteiger partial charge < -0.3 is 15.1 Å². The average Bonchev–Trinajstić information content (AvgIpc) is 3.28. The lowest BCUT2D eigenvalue weighted by Crippen LogP contribution is -2.42. The predicted molar refractivity (Wildman–Crippen MR) is 135 cm³/mol. The summed E-state index contributed by atoms with van der Waals surface area (Å²) >= 11 is 7.09. The van der Waals surface area contributed by atoms with Gasteiger partial charge in [-0.05, 0) is 53.9 Å². The minimum atomic E-state index is -3.22. The zero-order chi connectivity index (χ0) is 25.2.